The molecule has 0 aliphatic carbocycles. The molecule has 0 amide bonds. The monoisotopic (exact) mass is 149 g/mol. The molecule has 1 aromatic rings. The minimum Gasteiger partial charge on any atom is -0.265 e. The van der Waals surface area contributed by atoms with Crippen molar-refractivity contribution in [1.29, 1.82) is 0 Å². The first-order chi connectivity index (χ1) is 5.38. The maximum absolute atomic E-state index is 4.00. The van der Waals surface area contributed by atoms with Crippen molar-refractivity contribution in [3.63, 3.8) is 0 Å². The summed E-state index contributed by atoms with van der Waals surface area (Å²) in [6.07, 6.45) is 6.18. The Hall–Kier alpha value is -0.850. The van der Waals surface area contributed by atoms with Crippen molar-refractivity contribution >= 4 is 0 Å². The minimum absolute atomic E-state index is 0.720. The van der Waals surface area contributed by atoms with Gasteiger partial charge in [0.25, 0.3) is 0 Å². The van der Waals surface area contributed by atoms with E-state index in [0.29, 0.717) is 0 Å². The molecule has 0 aliphatic heterocycles. The van der Waals surface area contributed by atoms with Crippen LogP contribution in [0.2, 0.25) is 0 Å². The van der Waals surface area contributed by atoms with Gasteiger partial charge in [-0.2, -0.15) is 0 Å². The van der Waals surface area contributed by atoms with Crippen LogP contribution >= 0.6 is 0 Å². The van der Waals surface area contributed by atoms with E-state index in [9.17, 15) is 0 Å². The van der Waals surface area contributed by atoms with Crippen molar-refractivity contribution in [3.8, 4) is 0 Å². The topological polar surface area (TPSA) is 12.9 Å². The Labute approximate surface area is 68.5 Å². The lowest BCUT2D eigenvalue weighted by atomic mass is 9.95. The van der Waals surface area contributed by atoms with E-state index < -0.39 is 0 Å². The number of aromatic nitrogens is 1. The minimum atomic E-state index is 0.720. The van der Waals surface area contributed by atoms with Crippen LogP contribution in [0.15, 0.2) is 24.5 Å². The van der Waals surface area contributed by atoms with Gasteiger partial charge in [0.05, 0.1) is 0 Å². The van der Waals surface area contributed by atoms with E-state index in [4.69, 9.17) is 0 Å². The predicted molar refractivity (Wildman–Crippen MR) is 47.6 cm³/mol. The fraction of sp³-hybridized carbons (Fsp3) is 0.500. The van der Waals surface area contributed by atoms with Gasteiger partial charge >= 0.3 is 0 Å². The number of hydrogen-bond donors (Lipinski definition) is 0. The Bertz CT molecular complexity index is 189. The van der Waals surface area contributed by atoms with Crippen molar-refractivity contribution in [1.82, 2.24) is 4.98 Å². The van der Waals surface area contributed by atoms with Crippen LogP contribution in [0.3, 0.4) is 0 Å². The summed E-state index contributed by atoms with van der Waals surface area (Å²) in [6, 6.07) is 4.22. The van der Waals surface area contributed by atoms with E-state index in [2.05, 4.69) is 31.0 Å². The standard InChI is InChI=1S/C10H15N/c1-3-9(4-2)10-5-7-11-8-6-10/h5-9H,3-4H2,1-2H3. The molecule has 1 heterocycles. The summed E-state index contributed by atoms with van der Waals surface area (Å²) in [5.74, 6) is 0.720. The van der Waals surface area contributed by atoms with Gasteiger partial charge < -0.3 is 0 Å². The maximum Gasteiger partial charge on any atom is 0.0270 e. The first kappa shape index (κ1) is 8.25. The Kier molecular flexibility index (Phi) is 3.09. The number of pyridine rings is 1. The average molecular weight is 149 g/mol. The highest BCUT2D eigenvalue weighted by molar-refractivity contribution is 5.14. The van der Waals surface area contributed by atoms with Gasteiger partial charge in [0.15, 0.2) is 0 Å². The van der Waals surface area contributed by atoms with E-state index >= 15 is 0 Å². The zero-order valence-electron chi connectivity index (χ0n) is 7.25. The van der Waals surface area contributed by atoms with Crippen molar-refractivity contribution in [2.75, 3.05) is 0 Å². The zero-order valence-corrected chi connectivity index (χ0v) is 7.25. The summed E-state index contributed by atoms with van der Waals surface area (Å²) in [5, 5.41) is 0. The fourth-order valence-electron chi connectivity index (χ4n) is 1.40. The Morgan fingerprint density at radius 2 is 1.73 bits per heavy atom. The van der Waals surface area contributed by atoms with Gasteiger partial charge in [-0.25, -0.2) is 0 Å². The van der Waals surface area contributed by atoms with Crippen LogP contribution in [0.5, 0.6) is 0 Å². The number of rotatable bonds is 3. The summed E-state index contributed by atoms with van der Waals surface area (Å²) < 4.78 is 0. The largest absolute Gasteiger partial charge is 0.265 e. The summed E-state index contributed by atoms with van der Waals surface area (Å²) in [7, 11) is 0. The molecule has 0 N–H and O–H groups in total. The highest BCUT2D eigenvalue weighted by atomic mass is 14.6. The predicted octanol–water partition coefficient (Wildman–Crippen LogP) is 2.99. The van der Waals surface area contributed by atoms with Crippen molar-refractivity contribution in [3.05, 3.63) is 30.1 Å². The van der Waals surface area contributed by atoms with E-state index in [1.807, 2.05) is 12.4 Å². The Morgan fingerprint density at radius 1 is 1.18 bits per heavy atom. The van der Waals surface area contributed by atoms with Crippen molar-refractivity contribution in [2.45, 2.75) is 32.6 Å². The molecule has 0 bridgehead atoms. The van der Waals surface area contributed by atoms with Crippen molar-refractivity contribution in [2.24, 2.45) is 0 Å². The summed E-state index contributed by atoms with van der Waals surface area (Å²) in [6.45, 7) is 4.46. The molecule has 0 fully saturated rings. The smallest absolute Gasteiger partial charge is 0.0270 e. The van der Waals surface area contributed by atoms with E-state index in [-0.39, 0.29) is 0 Å². The quantitative estimate of drug-likeness (QED) is 0.643. The lowest BCUT2D eigenvalue weighted by Gasteiger charge is -2.11. The zero-order chi connectivity index (χ0) is 8.10. The molecule has 60 valence electrons. The molecule has 0 aliphatic rings. The molecule has 11 heavy (non-hydrogen) atoms. The van der Waals surface area contributed by atoms with Gasteiger partial charge in [0.2, 0.25) is 0 Å². The SMILES string of the molecule is CCC(CC)c1ccncc1. The molecule has 1 rings (SSSR count). The van der Waals surface area contributed by atoms with Crippen LogP contribution < -0.4 is 0 Å². The molecule has 1 nitrogen and oxygen atoms in total. The summed E-state index contributed by atoms with van der Waals surface area (Å²) in [4.78, 5) is 4.00. The second kappa shape index (κ2) is 4.12. The third-order valence-electron chi connectivity index (χ3n) is 2.16. The summed E-state index contributed by atoms with van der Waals surface area (Å²) >= 11 is 0. The van der Waals surface area contributed by atoms with Crippen LogP contribution in [-0.4, -0.2) is 4.98 Å². The number of nitrogens with zero attached hydrogens (tertiary/aromatic N) is 1. The molecule has 0 radical (unpaired) electrons. The Morgan fingerprint density at radius 3 is 2.18 bits per heavy atom. The molecule has 0 unspecified atom stereocenters. The van der Waals surface area contributed by atoms with Gasteiger partial charge in [-0.05, 0) is 36.5 Å². The molecule has 0 spiro atoms. The highest BCUT2D eigenvalue weighted by Crippen LogP contribution is 2.21. The second-order valence-electron chi connectivity index (χ2n) is 2.79. The normalized spacial score (nSPS) is 10.5. The van der Waals surface area contributed by atoms with Crippen LogP contribution in [0, 0.1) is 0 Å². The molecule has 0 saturated heterocycles. The second-order valence-corrected chi connectivity index (χ2v) is 2.79. The third-order valence-corrected chi connectivity index (χ3v) is 2.16. The van der Waals surface area contributed by atoms with E-state index in [1.165, 1.54) is 18.4 Å². The first-order valence-corrected chi connectivity index (χ1v) is 4.28. The Balaban J connectivity index is 2.74. The molecule has 1 aromatic heterocycles. The third kappa shape index (κ3) is 2.04. The van der Waals surface area contributed by atoms with Crippen LogP contribution in [-0.2, 0) is 0 Å². The lowest BCUT2D eigenvalue weighted by molar-refractivity contribution is 0.641. The van der Waals surface area contributed by atoms with Gasteiger partial charge in [-0.3, -0.25) is 4.98 Å². The first-order valence-electron chi connectivity index (χ1n) is 4.28. The molecule has 0 saturated carbocycles. The van der Waals surface area contributed by atoms with Gasteiger partial charge in [0.1, 0.15) is 0 Å². The molecular weight excluding hydrogens is 134 g/mol. The highest BCUT2D eigenvalue weighted by Gasteiger charge is 2.04. The lowest BCUT2D eigenvalue weighted by Crippen LogP contribution is -1.94. The molecule has 0 atom stereocenters. The molecule has 1 heteroatoms. The average Bonchev–Trinajstić information content (AvgIpc) is 2.09. The van der Waals surface area contributed by atoms with Gasteiger partial charge in [0, 0.05) is 12.4 Å². The maximum atomic E-state index is 4.00. The van der Waals surface area contributed by atoms with Gasteiger partial charge in [-0.15, -0.1) is 0 Å². The van der Waals surface area contributed by atoms with Crippen LogP contribution in [0.1, 0.15) is 38.2 Å². The number of hydrogen-bond acceptors (Lipinski definition) is 1. The van der Waals surface area contributed by atoms with E-state index in [0.717, 1.165) is 5.92 Å². The van der Waals surface area contributed by atoms with Crippen molar-refractivity contribution < 1.29 is 0 Å². The summed E-state index contributed by atoms with van der Waals surface area (Å²) in [5.41, 5.74) is 1.42. The van der Waals surface area contributed by atoms with Crippen LogP contribution in [0.4, 0.5) is 0 Å². The molecular formula is C10H15N. The van der Waals surface area contributed by atoms with Gasteiger partial charge in [-0.1, -0.05) is 13.8 Å². The van der Waals surface area contributed by atoms with Crippen LogP contribution in [0.25, 0.3) is 0 Å². The molecule has 0 aromatic carbocycles. The fourth-order valence-corrected chi connectivity index (χ4v) is 1.40. The van der Waals surface area contributed by atoms with E-state index in [1.54, 1.807) is 0 Å².